The van der Waals surface area contributed by atoms with E-state index in [1.54, 1.807) is 69.0 Å². The second kappa shape index (κ2) is 39.5. The van der Waals surface area contributed by atoms with E-state index in [2.05, 4.69) is 9.97 Å². The topological polar surface area (TPSA) is 223 Å². The fourth-order valence-corrected chi connectivity index (χ4v) is 13.8. The zero-order valence-electron chi connectivity index (χ0n) is 60.5. The fraction of sp³-hybridized carbons (Fsp3) is 0.463. The van der Waals surface area contributed by atoms with Crippen LogP contribution in [0.5, 0.6) is 11.5 Å². The Morgan fingerprint density at radius 1 is 0.408 bits per heavy atom. The number of piperidine rings is 4. The number of hydrogen-bond acceptors (Lipinski definition) is 15. The number of ether oxygens (including phenoxy) is 6. The van der Waals surface area contributed by atoms with Crippen LogP contribution in [0.4, 0.5) is 0 Å². The summed E-state index contributed by atoms with van der Waals surface area (Å²) in [5.41, 5.74) is 11.0. The summed E-state index contributed by atoms with van der Waals surface area (Å²) in [5, 5.41) is 8.92. The van der Waals surface area contributed by atoms with E-state index in [9.17, 15) is 28.8 Å². The van der Waals surface area contributed by atoms with Gasteiger partial charge in [-0.3, -0.25) is 38.7 Å². The summed E-state index contributed by atoms with van der Waals surface area (Å²) in [6.45, 7) is 13.8. The number of methoxy groups -OCH3 is 3. The van der Waals surface area contributed by atoms with Gasteiger partial charge in [0.05, 0.1) is 55.2 Å². The number of likely N-dealkylation sites (tertiary alicyclic amines) is 4. The van der Waals surface area contributed by atoms with Crippen molar-refractivity contribution in [1.82, 2.24) is 39.4 Å². The van der Waals surface area contributed by atoms with Gasteiger partial charge < -0.3 is 62.9 Å². The molecule has 0 bridgehead atoms. The van der Waals surface area contributed by atoms with Gasteiger partial charge in [0.15, 0.2) is 12.5 Å². The maximum Gasteiger partial charge on any atom is 0.260 e. The molecule has 0 saturated carbocycles. The molecule has 103 heavy (non-hydrogen) atoms. The van der Waals surface area contributed by atoms with E-state index in [0.717, 1.165) is 204 Å². The fourth-order valence-electron chi connectivity index (χ4n) is 13.8. The Hall–Kier alpha value is -9.12. The minimum Gasteiger partial charge on any atom is -0.470 e. The van der Waals surface area contributed by atoms with Crippen LogP contribution in [0.15, 0.2) is 140 Å². The van der Waals surface area contributed by atoms with Gasteiger partial charge in [0.1, 0.15) is 11.5 Å². The second-order valence-corrected chi connectivity index (χ2v) is 26.9. The van der Waals surface area contributed by atoms with Crippen LogP contribution in [0.25, 0.3) is 11.0 Å². The van der Waals surface area contributed by atoms with Crippen molar-refractivity contribution in [2.75, 3.05) is 93.4 Å². The maximum absolute atomic E-state index is 12.3. The van der Waals surface area contributed by atoms with Gasteiger partial charge in [-0.05, 0) is 191 Å². The number of carbonyl (C=O) groups excluding carboxylic acids is 6. The highest BCUT2D eigenvalue weighted by Gasteiger charge is 2.39. The zero-order valence-corrected chi connectivity index (χ0v) is 60.5. The smallest absolute Gasteiger partial charge is 0.260 e. The lowest BCUT2D eigenvalue weighted by atomic mass is 10.1. The highest BCUT2D eigenvalue weighted by molar-refractivity contribution is 6.02. The number of aromatic nitrogens is 2. The molecule has 8 aliphatic rings. The van der Waals surface area contributed by atoms with E-state index in [-0.39, 0.29) is 54.5 Å². The van der Waals surface area contributed by atoms with E-state index in [0.29, 0.717) is 55.7 Å². The molecule has 0 aliphatic carbocycles. The summed E-state index contributed by atoms with van der Waals surface area (Å²) in [5.74, 6) is 2.08. The van der Waals surface area contributed by atoms with Crippen molar-refractivity contribution < 1.29 is 62.3 Å². The number of fused-ring (bicyclic) bond motifs is 5. The lowest BCUT2D eigenvalue weighted by Gasteiger charge is -2.31. The summed E-state index contributed by atoms with van der Waals surface area (Å²) >= 11 is 0. The SMILES string of the molecule is CCOCc1ccc(C(=O)N2CCCCC2)cc1.COCc1ccc(C(=O)N2CCCCC2)cc1.COCc1ccc2c(c1)OC1CCCN1C2=O.COCc1cccc(C(=O)N2CCCCC2)c1.O=C(c1ccc(CO)cc1)N1CCCCC1.O=C1c2cc3nccnc3cc2OC2CCCN12. The normalized spacial score (nSPS) is 18.0. The molecule has 1 aromatic heterocycles. The highest BCUT2D eigenvalue weighted by atomic mass is 16.5. The average Bonchev–Trinajstić information content (AvgIpc) is 1.75. The van der Waals surface area contributed by atoms with Crippen molar-refractivity contribution in [2.45, 2.75) is 155 Å². The Morgan fingerprint density at radius 3 is 1.22 bits per heavy atom. The second-order valence-electron chi connectivity index (χ2n) is 26.9. The number of aliphatic hydroxyl groups is 1. The van der Waals surface area contributed by atoms with E-state index in [4.69, 9.17) is 33.5 Å². The molecule has 6 aromatic carbocycles. The van der Waals surface area contributed by atoms with Crippen LogP contribution >= 0.6 is 0 Å². The summed E-state index contributed by atoms with van der Waals surface area (Å²) in [7, 11) is 5.00. The molecule has 21 nitrogen and oxygen atoms in total. The predicted octanol–water partition coefficient (Wildman–Crippen LogP) is 12.9. The van der Waals surface area contributed by atoms with Crippen LogP contribution in [-0.4, -0.2) is 186 Å². The number of carbonyl (C=O) groups is 6. The van der Waals surface area contributed by atoms with Crippen molar-refractivity contribution in [3.63, 3.8) is 0 Å². The molecule has 7 aromatic rings. The third kappa shape index (κ3) is 21.3. The third-order valence-electron chi connectivity index (χ3n) is 19.5. The molecule has 548 valence electrons. The largest absolute Gasteiger partial charge is 0.470 e. The summed E-state index contributed by atoms with van der Waals surface area (Å²) < 4.78 is 32.3. The van der Waals surface area contributed by atoms with Crippen molar-refractivity contribution >= 4 is 46.5 Å². The number of benzene rings is 6. The Kier molecular flexibility index (Phi) is 29.3. The molecule has 8 aliphatic heterocycles. The molecule has 2 unspecified atom stereocenters. The first-order valence-electron chi connectivity index (χ1n) is 36.9. The number of rotatable bonds is 14. The Morgan fingerprint density at radius 2 is 0.786 bits per heavy atom. The highest BCUT2D eigenvalue weighted by Crippen LogP contribution is 2.36. The van der Waals surface area contributed by atoms with E-state index < -0.39 is 0 Å². The standard InChI is InChI=1S/C15H21NO2.2C14H19NO2.C13H11N3O2.C13H15NO3.C13H17NO2/c1-2-18-12-13-6-8-14(9-7-13)15(17)16-10-4-3-5-11-16;1-17-11-12-5-7-13(8-6-12)14(16)15-9-3-2-4-10-15;1-17-11-12-6-5-7-13(10-12)14(16)15-8-3-2-4-9-15;17-13-8-6-9-10(15-4-3-14-9)7-11(8)18-12-2-1-5-16(12)13;1-16-8-9-4-5-10-11(7-9)17-12-3-2-6-14(12)13(10)15;15-10-11-4-6-12(7-5-11)13(16)14-8-2-1-3-9-14/h6-9H,2-5,10-12H2,1H3;5-8H,2-4,9-11H2,1H3;5-7,10H,2-4,8-9,11H2,1H3;3-4,6-7,12H,1-2,5H2;4-5,7,12H,2-3,6,8H2,1H3;4-7,15H,1-3,8-10H2. The maximum atomic E-state index is 12.3. The molecule has 6 fully saturated rings. The van der Waals surface area contributed by atoms with Crippen LogP contribution in [-0.2, 0) is 52.0 Å². The Bertz CT molecular complexity index is 3890. The lowest BCUT2D eigenvalue weighted by Crippen LogP contribution is -2.42. The summed E-state index contributed by atoms with van der Waals surface area (Å²) in [6, 6.07) is 39.6. The molecule has 0 radical (unpaired) electrons. The molecule has 6 saturated heterocycles. The van der Waals surface area contributed by atoms with Gasteiger partial charge in [-0.1, -0.05) is 54.6 Å². The Balaban J connectivity index is 0.000000133. The summed E-state index contributed by atoms with van der Waals surface area (Å²) in [4.78, 5) is 93.1. The van der Waals surface area contributed by atoms with Crippen LogP contribution in [0, 0.1) is 0 Å². The van der Waals surface area contributed by atoms with Gasteiger partial charge in [-0.15, -0.1) is 0 Å². The molecule has 6 amide bonds. The summed E-state index contributed by atoms with van der Waals surface area (Å²) in [6.07, 6.45) is 20.9. The van der Waals surface area contributed by atoms with Crippen molar-refractivity contribution in [1.29, 1.82) is 0 Å². The van der Waals surface area contributed by atoms with Gasteiger partial charge in [0.2, 0.25) is 0 Å². The van der Waals surface area contributed by atoms with Crippen molar-refractivity contribution in [2.24, 2.45) is 0 Å². The quantitative estimate of drug-likeness (QED) is 0.107. The average molecular weight is 1410 g/mol. The van der Waals surface area contributed by atoms with Gasteiger partial charge in [-0.2, -0.15) is 0 Å². The molecule has 1 N–H and O–H groups in total. The number of nitrogens with zero attached hydrogens (tertiary/aromatic N) is 8. The molecular weight excluding hydrogens is 1300 g/mol. The van der Waals surface area contributed by atoms with Crippen LogP contribution in [0.3, 0.4) is 0 Å². The molecule has 0 spiro atoms. The number of aliphatic hydroxyl groups excluding tert-OH is 1. The number of hydrogen-bond donors (Lipinski definition) is 1. The van der Waals surface area contributed by atoms with Gasteiger partial charge in [0.25, 0.3) is 35.4 Å². The minimum atomic E-state index is -0.0980. The molecule has 9 heterocycles. The molecule has 2 atom stereocenters. The Labute approximate surface area is 606 Å². The molecular formula is C82H102N8O13. The van der Waals surface area contributed by atoms with E-state index in [1.807, 2.05) is 128 Å². The van der Waals surface area contributed by atoms with E-state index in [1.165, 1.54) is 25.7 Å². The number of amides is 6. The first-order chi connectivity index (χ1) is 50.4. The minimum absolute atomic E-state index is 0.0260. The van der Waals surface area contributed by atoms with Crippen LogP contribution in [0.2, 0.25) is 0 Å². The van der Waals surface area contributed by atoms with Crippen LogP contribution in [0.1, 0.15) is 200 Å². The van der Waals surface area contributed by atoms with Crippen LogP contribution < -0.4 is 9.47 Å². The van der Waals surface area contributed by atoms with Gasteiger partial charge in [-0.25, -0.2) is 0 Å². The first kappa shape index (κ1) is 76.5. The lowest BCUT2D eigenvalue weighted by molar-refractivity contribution is 0.0285. The monoisotopic (exact) mass is 1410 g/mol. The van der Waals surface area contributed by atoms with Crippen molar-refractivity contribution in [3.8, 4) is 11.5 Å². The predicted molar refractivity (Wildman–Crippen MR) is 394 cm³/mol. The molecule has 21 heteroatoms. The van der Waals surface area contributed by atoms with E-state index >= 15 is 0 Å². The van der Waals surface area contributed by atoms with Crippen molar-refractivity contribution in [3.05, 3.63) is 201 Å². The van der Waals surface area contributed by atoms with Gasteiger partial charge in [0, 0.05) is 147 Å². The molecule has 15 rings (SSSR count). The van der Waals surface area contributed by atoms with Gasteiger partial charge >= 0.3 is 0 Å². The first-order valence-corrected chi connectivity index (χ1v) is 36.9. The third-order valence-corrected chi connectivity index (χ3v) is 19.5. The zero-order chi connectivity index (χ0) is 72.3.